The lowest BCUT2D eigenvalue weighted by molar-refractivity contribution is -0.384. The number of anilines is 1. The average Bonchev–Trinajstić information content (AvgIpc) is 3.01. The van der Waals surface area contributed by atoms with Gasteiger partial charge in [0, 0.05) is 29.4 Å². The number of fused-ring (bicyclic) bond motifs is 1. The first-order chi connectivity index (χ1) is 16.4. The topological polar surface area (TPSA) is 83.8 Å². The lowest BCUT2D eigenvalue weighted by atomic mass is 9.86. The van der Waals surface area contributed by atoms with Gasteiger partial charge in [0.2, 0.25) is 0 Å². The Hall–Kier alpha value is -3.39. The zero-order valence-corrected chi connectivity index (χ0v) is 21.6. The number of hydrogen-bond acceptors (Lipinski definition) is 6. The molecule has 0 atom stereocenters. The molecule has 0 bridgehead atoms. The highest BCUT2D eigenvalue weighted by Gasteiger charge is 2.36. The molecule has 0 saturated carbocycles. The number of carbonyl (C=O) groups excluding carboxylic acids is 2. The molecule has 1 fully saturated rings. The maximum absolute atomic E-state index is 13.1. The minimum atomic E-state index is -0.492. The Morgan fingerprint density at radius 1 is 1.14 bits per heavy atom. The molecule has 0 unspecified atom stereocenters. The number of amides is 2. The highest BCUT2D eigenvalue weighted by molar-refractivity contribution is 8.18. The second kappa shape index (κ2) is 9.00. The molecule has 35 heavy (non-hydrogen) atoms. The zero-order valence-electron chi connectivity index (χ0n) is 20.8. The van der Waals surface area contributed by atoms with E-state index in [4.69, 9.17) is 0 Å². The maximum Gasteiger partial charge on any atom is 0.293 e. The van der Waals surface area contributed by atoms with E-state index in [0.29, 0.717) is 16.5 Å². The van der Waals surface area contributed by atoms with Gasteiger partial charge in [0.1, 0.15) is 0 Å². The number of thioether (sulfide) groups is 1. The molecule has 2 heterocycles. The summed E-state index contributed by atoms with van der Waals surface area (Å²) in [6.07, 6.45) is 4.04. The smallest absolute Gasteiger partial charge is 0.293 e. The molecule has 182 valence electrons. The molecule has 0 radical (unpaired) electrons. The van der Waals surface area contributed by atoms with E-state index in [-0.39, 0.29) is 28.9 Å². The van der Waals surface area contributed by atoms with Gasteiger partial charge < -0.3 is 4.90 Å². The summed E-state index contributed by atoms with van der Waals surface area (Å²) in [5.74, 6) is -0.388. The molecule has 8 heteroatoms. The third kappa shape index (κ3) is 4.62. The van der Waals surface area contributed by atoms with Gasteiger partial charge >= 0.3 is 0 Å². The standard InChI is InChI=1S/C27H29N3O4S/c1-16(2)29-23-10-17(3)20(12-22(23)18(4)14-27(29,5)6)13-24-25(31)28(26(32)35-24)15-19-8-7-9-21(11-19)30(33)34/h7-14,16H,15H2,1-6H3/b24-13-. The van der Waals surface area contributed by atoms with Crippen LogP contribution in [0.4, 0.5) is 16.2 Å². The Bertz CT molecular complexity index is 1310. The van der Waals surface area contributed by atoms with Crippen LogP contribution in [-0.2, 0) is 11.3 Å². The van der Waals surface area contributed by atoms with Crippen molar-refractivity contribution >= 4 is 45.9 Å². The number of imide groups is 1. The van der Waals surface area contributed by atoms with Crippen LogP contribution >= 0.6 is 11.8 Å². The summed E-state index contributed by atoms with van der Waals surface area (Å²) in [5, 5.41) is 10.7. The third-order valence-corrected chi connectivity index (χ3v) is 7.31. The van der Waals surface area contributed by atoms with Crippen molar-refractivity contribution in [2.75, 3.05) is 4.90 Å². The summed E-state index contributed by atoms with van der Waals surface area (Å²) in [6, 6.07) is 10.6. The molecule has 0 N–H and O–H groups in total. The van der Waals surface area contributed by atoms with Crippen LogP contribution in [0.1, 0.15) is 56.9 Å². The SMILES string of the molecule is CC1=CC(C)(C)N(C(C)C)c2cc(C)c(/C=C3\SC(=O)N(Cc4cccc([N+](=O)[O-])c4)C3=O)cc21. The number of rotatable bonds is 5. The fourth-order valence-corrected chi connectivity index (χ4v) is 5.87. The minimum absolute atomic E-state index is 0.00681. The minimum Gasteiger partial charge on any atom is -0.360 e. The predicted molar refractivity (Wildman–Crippen MR) is 141 cm³/mol. The molecule has 1 saturated heterocycles. The van der Waals surface area contributed by atoms with Crippen LogP contribution in [0, 0.1) is 17.0 Å². The van der Waals surface area contributed by atoms with E-state index in [1.807, 2.05) is 6.92 Å². The van der Waals surface area contributed by atoms with Crippen LogP contribution in [0.15, 0.2) is 47.4 Å². The van der Waals surface area contributed by atoms with E-state index in [1.165, 1.54) is 23.4 Å². The second-order valence-corrected chi connectivity index (χ2v) is 10.9. The lowest BCUT2D eigenvalue weighted by Crippen LogP contribution is -2.49. The first kappa shape index (κ1) is 24.7. The number of non-ortho nitro benzene ring substituents is 1. The van der Waals surface area contributed by atoms with Gasteiger partial charge in [0.25, 0.3) is 16.8 Å². The first-order valence-electron chi connectivity index (χ1n) is 11.5. The maximum atomic E-state index is 13.1. The normalized spacial score (nSPS) is 18.4. The largest absolute Gasteiger partial charge is 0.360 e. The van der Waals surface area contributed by atoms with Crippen molar-refractivity contribution in [3.63, 3.8) is 0 Å². The van der Waals surface area contributed by atoms with Crippen molar-refractivity contribution in [1.29, 1.82) is 0 Å². The molecule has 0 aromatic heterocycles. The van der Waals surface area contributed by atoms with Crippen LogP contribution < -0.4 is 4.90 Å². The van der Waals surface area contributed by atoms with Crippen LogP contribution in [0.2, 0.25) is 0 Å². The highest BCUT2D eigenvalue weighted by Crippen LogP contribution is 2.42. The van der Waals surface area contributed by atoms with Gasteiger partial charge in [-0.05, 0) is 93.8 Å². The Balaban J connectivity index is 1.66. The molecule has 4 rings (SSSR count). The molecule has 0 spiro atoms. The van der Waals surface area contributed by atoms with Gasteiger partial charge in [-0.3, -0.25) is 24.6 Å². The van der Waals surface area contributed by atoms with Crippen LogP contribution in [0.25, 0.3) is 11.6 Å². The molecule has 0 aliphatic carbocycles. The van der Waals surface area contributed by atoms with Crippen molar-refractivity contribution < 1.29 is 14.5 Å². The van der Waals surface area contributed by atoms with Gasteiger partial charge in [0.05, 0.1) is 21.9 Å². The number of carbonyl (C=O) groups is 2. The first-order valence-corrected chi connectivity index (χ1v) is 12.3. The van der Waals surface area contributed by atoms with E-state index in [9.17, 15) is 19.7 Å². The second-order valence-electron chi connectivity index (χ2n) is 9.87. The molecule has 2 aliphatic heterocycles. The van der Waals surface area contributed by atoms with E-state index >= 15 is 0 Å². The van der Waals surface area contributed by atoms with Gasteiger partial charge in [-0.2, -0.15) is 0 Å². The summed E-state index contributed by atoms with van der Waals surface area (Å²) < 4.78 is 0. The average molecular weight is 492 g/mol. The van der Waals surface area contributed by atoms with Gasteiger partial charge in [-0.25, -0.2) is 0 Å². The quantitative estimate of drug-likeness (QED) is 0.268. The Morgan fingerprint density at radius 3 is 2.51 bits per heavy atom. The third-order valence-electron chi connectivity index (χ3n) is 6.40. The Labute approximate surface area is 209 Å². The Morgan fingerprint density at radius 2 is 1.86 bits per heavy atom. The van der Waals surface area contributed by atoms with Gasteiger partial charge in [0.15, 0.2) is 0 Å². The monoisotopic (exact) mass is 491 g/mol. The molecule has 2 aromatic carbocycles. The summed E-state index contributed by atoms with van der Waals surface area (Å²) in [4.78, 5) is 40.2. The number of aryl methyl sites for hydroxylation is 1. The molecule has 2 aliphatic rings. The lowest BCUT2D eigenvalue weighted by Gasteiger charge is -2.46. The van der Waals surface area contributed by atoms with Crippen molar-refractivity contribution in [2.45, 2.75) is 59.7 Å². The number of hydrogen-bond donors (Lipinski definition) is 0. The number of nitro groups is 1. The Kier molecular flexibility index (Phi) is 6.36. The van der Waals surface area contributed by atoms with Crippen molar-refractivity contribution in [3.05, 3.63) is 79.7 Å². The van der Waals surface area contributed by atoms with Crippen molar-refractivity contribution in [3.8, 4) is 0 Å². The number of benzene rings is 2. The summed E-state index contributed by atoms with van der Waals surface area (Å²) >= 11 is 0.898. The van der Waals surface area contributed by atoms with Gasteiger partial charge in [-0.1, -0.05) is 18.2 Å². The summed E-state index contributed by atoms with van der Waals surface area (Å²) in [7, 11) is 0. The highest BCUT2D eigenvalue weighted by atomic mass is 32.2. The van der Waals surface area contributed by atoms with E-state index in [1.54, 1.807) is 18.2 Å². The van der Waals surface area contributed by atoms with Crippen molar-refractivity contribution in [2.24, 2.45) is 0 Å². The molecular formula is C27H29N3O4S. The van der Waals surface area contributed by atoms with E-state index < -0.39 is 4.92 Å². The fraction of sp³-hybridized carbons (Fsp3) is 0.333. The number of nitro benzene ring substituents is 1. The number of nitrogens with zero attached hydrogens (tertiary/aromatic N) is 3. The van der Waals surface area contributed by atoms with Crippen LogP contribution in [0.3, 0.4) is 0 Å². The fourth-order valence-electron chi connectivity index (χ4n) is 5.04. The molecule has 2 amide bonds. The molecule has 7 nitrogen and oxygen atoms in total. The predicted octanol–water partition coefficient (Wildman–Crippen LogP) is 6.55. The van der Waals surface area contributed by atoms with Crippen molar-refractivity contribution in [1.82, 2.24) is 4.90 Å². The van der Waals surface area contributed by atoms with E-state index in [2.05, 4.69) is 57.7 Å². The van der Waals surface area contributed by atoms with Gasteiger partial charge in [-0.15, -0.1) is 0 Å². The molecular weight excluding hydrogens is 462 g/mol. The zero-order chi connectivity index (χ0) is 25.7. The summed E-state index contributed by atoms with van der Waals surface area (Å²) in [5.41, 5.74) is 5.71. The molecule has 2 aromatic rings. The van der Waals surface area contributed by atoms with E-state index in [0.717, 1.165) is 33.4 Å². The van der Waals surface area contributed by atoms with Crippen LogP contribution in [-0.4, -0.2) is 32.6 Å². The van der Waals surface area contributed by atoms with Crippen LogP contribution in [0.5, 0.6) is 0 Å². The summed E-state index contributed by atoms with van der Waals surface area (Å²) in [6.45, 7) is 12.9. The number of allylic oxidation sites excluding steroid dienone is 1.